The molecule has 1 aliphatic heterocycles. The van der Waals surface area contributed by atoms with E-state index < -0.39 is 10.9 Å². The highest BCUT2D eigenvalue weighted by molar-refractivity contribution is 5.95. The Labute approximate surface area is 169 Å². The molecule has 0 radical (unpaired) electrons. The molecule has 1 fully saturated rings. The van der Waals surface area contributed by atoms with Crippen LogP contribution in [0, 0.1) is 17.0 Å². The third-order valence-corrected chi connectivity index (χ3v) is 5.05. The van der Waals surface area contributed by atoms with Gasteiger partial charge in [0.15, 0.2) is 0 Å². The first-order chi connectivity index (χ1) is 14.0. The highest BCUT2D eigenvalue weighted by atomic mass is 16.6. The van der Waals surface area contributed by atoms with Crippen molar-refractivity contribution in [3.8, 4) is 0 Å². The number of nitrogens with one attached hydrogen (secondary N) is 1. The van der Waals surface area contributed by atoms with E-state index in [9.17, 15) is 14.9 Å². The van der Waals surface area contributed by atoms with Crippen LogP contribution in [0.2, 0.25) is 0 Å². The van der Waals surface area contributed by atoms with Crippen LogP contribution in [0.4, 0.5) is 11.4 Å². The molecule has 2 aromatic carbocycles. The number of carbonyl (C=O) groups excluding carboxylic acids is 1. The molecule has 8 heteroatoms. The summed E-state index contributed by atoms with van der Waals surface area (Å²) in [5, 5.41) is 14.5. The van der Waals surface area contributed by atoms with E-state index in [1.807, 2.05) is 0 Å². The minimum Gasteiger partial charge on any atom is -0.465 e. The Bertz CT molecular complexity index is 863. The lowest BCUT2D eigenvalue weighted by molar-refractivity contribution is -0.385. The van der Waals surface area contributed by atoms with E-state index in [2.05, 4.69) is 41.4 Å². The van der Waals surface area contributed by atoms with Crippen molar-refractivity contribution in [2.75, 3.05) is 45.3 Å². The fourth-order valence-electron chi connectivity index (χ4n) is 3.43. The Morgan fingerprint density at radius 2 is 1.93 bits per heavy atom. The number of nitro groups is 1. The average molecular weight is 399 g/mol. The number of nitro benzene ring substituents is 1. The van der Waals surface area contributed by atoms with Crippen LogP contribution in [0.15, 0.2) is 42.5 Å². The Hall–Kier alpha value is -2.97. The molecule has 1 unspecified atom stereocenters. The van der Waals surface area contributed by atoms with Crippen LogP contribution in [0.25, 0.3) is 0 Å². The molecule has 2 aromatic rings. The number of rotatable bonds is 7. The topological polar surface area (TPSA) is 93.9 Å². The van der Waals surface area contributed by atoms with Crippen LogP contribution < -0.4 is 5.32 Å². The van der Waals surface area contributed by atoms with Gasteiger partial charge in [0.05, 0.1) is 31.3 Å². The Balaban J connectivity index is 1.82. The van der Waals surface area contributed by atoms with E-state index in [1.54, 1.807) is 6.07 Å². The van der Waals surface area contributed by atoms with Crippen molar-refractivity contribution in [2.24, 2.45) is 0 Å². The predicted molar refractivity (Wildman–Crippen MR) is 109 cm³/mol. The lowest BCUT2D eigenvalue weighted by Gasteiger charge is -2.35. The zero-order valence-electron chi connectivity index (χ0n) is 16.6. The number of anilines is 1. The monoisotopic (exact) mass is 399 g/mol. The van der Waals surface area contributed by atoms with Crippen molar-refractivity contribution < 1.29 is 19.2 Å². The molecule has 1 saturated heterocycles. The number of ether oxygens (including phenoxy) is 2. The molecule has 0 aliphatic carbocycles. The van der Waals surface area contributed by atoms with Crippen LogP contribution in [-0.4, -0.2) is 55.8 Å². The highest BCUT2D eigenvalue weighted by Gasteiger charge is 2.24. The summed E-state index contributed by atoms with van der Waals surface area (Å²) >= 11 is 0. The normalized spacial score (nSPS) is 15.5. The number of aryl methyl sites for hydroxylation is 1. The van der Waals surface area contributed by atoms with Gasteiger partial charge in [0, 0.05) is 31.4 Å². The van der Waals surface area contributed by atoms with Crippen molar-refractivity contribution in [1.29, 1.82) is 0 Å². The molecule has 0 saturated carbocycles. The number of hydrogen-bond acceptors (Lipinski definition) is 7. The second-order valence-electron chi connectivity index (χ2n) is 6.94. The van der Waals surface area contributed by atoms with E-state index in [4.69, 9.17) is 9.47 Å². The first kappa shape index (κ1) is 20.8. The molecule has 1 aliphatic rings. The third-order valence-electron chi connectivity index (χ3n) is 5.05. The zero-order chi connectivity index (χ0) is 20.8. The molecule has 8 nitrogen and oxygen atoms in total. The second kappa shape index (κ2) is 9.49. The molecule has 3 rings (SSSR count). The van der Waals surface area contributed by atoms with Crippen LogP contribution >= 0.6 is 0 Å². The molecular formula is C21H25N3O5. The van der Waals surface area contributed by atoms with Gasteiger partial charge in [-0.05, 0) is 24.6 Å². The number of hydrogen-bond donors (Lipinski definition) is 1. The second-order valence-corrected chi connectivity index (χ2v) is 6.94. The number of benzene rings is 2. The standard InChI is InChI=1S/C21H25N3O5/c1-15-3-5-16(6-4-15)20(23-9-11-29-12-10-23)14-22-17-7-8-19(24(26)27)18(13-17)21(25)28-2/h3-8,13,20,22H,9-12,14H2,1-2H3. The number of nitrogens with zero attached hydrogens (tertiary/aromatic N) is 2. The van der Waals surface area contributed by atoms with Crippen LogP contribution in [-0.2, 0) is 9.47 Å². The predicted octanol–water partition coefficient (Wildman–Crippen LogP) is 3.18. The minimum absolute atomic E-state index is 0.0687. The van der Waals surface area contributed by atoms with E-state index in [1.165, 1.54) is 30.4 Å². The quantitative estimate of drug-likeness (QED) is 0.434. The first-order valence-corrected chi connectivity index (χ1v) is 9.48. The maximum atomic E-state index is 12.0. The third kappa shape index (κ3) is 5.10. The summed E-state index contributed by atoms with van der Waals surface area (Å²) in [7, 11) is 1.21. The smallest absolute Gasteiger partial charge is 0.344 e. The lowest BCUT2D eigenvalue weighted by atomic mass is 10.0. The molecule has 0 aromatic heterocycles. The van der Waals surface area contributed by atoms with E-state index in [0.717, 1.165) is 13.1 Å². The molecule has 1 N–H and O–H groups in total. The maximum absolute atomic E-state index is 12.0. The van der Waals surface area contributed by atoms with Crippen molar-refractivity contribution in [1.82, 2.24) is 4.90 Å². The van der Waals surface area contributed by atoms with Crippen molar-refractivity contribution >= 4 is 17.3 Å². The molecule has 1 atom stereocenters. The number of methoxy groups -OCH3 is 1. The van der Waals surface area contributed by atoms with E-state index >= 15 is 0 Å². The minimum atomic E-state index is -0.733. The van der Waals surface area contributed by atoms with Crippen LogP contribution in [0.3, 0.4) is 0 Å². The maximum Gasteiger partial charge on any atom is 0.344 e. The summed E-state index contributed by atoms with van der Waals surface area (Å²) in [6.07, 6.45) is 0. The Morgan fingerprint density at radius 1 is 1.24 bits per heavy atom. The summed E-state index contributed by atoms with van der Waals surface area (Å²) in [4.78, 5) is 24.9. The van der Waals surface area contributed by atoms with E-state index in [0.29, 0.717) is 25.4 Å². The number of morpholine rings is 1. The van der Waals surface area contributed by atoms with Gasteiger partial charge in [0.2, 0.25) is 0 Å². The lowest BCUT2D eigenvalue weighted by Crippen LogP contribution is -2.41. The molecular weight excluding hydrogens is 374 g/mol. The molecule has 154 valence electrons. The highest BCUT2D eigenvalue weighted by Crippen LogP contribution is 2.26. The fraction of sp³-hybridized carbons (Fsp3) is 0.381. The van der Waals surface area contributed by atoms with Crippen LogP contribution in [0.1, 0.15) is 27.5 Å². The Kier molecular flexibility index (Phi) is 6.79. The van der Waals surface area contributed by atoms with Crippen molar-refractivity contribution in [2.45, 2.75) is 13.0 Å². The molecule has 0 amide bonds. The molecule has 1 heterocycles. The number of carbonyl (C=O) groups is 1. The summed E-state index contributed by atoms with van der Waals surface area (Å²) in [5.74, 6) is -0.733. The fourth-order valence-corrected chi connectivity index (χ4v) is 3.43. The van der Waals surface area contributed by atoms with Crippen molar-refractivity contribution in [3.05, 3.63) is 69.3 Å². The first-order valence-electron chi connectivity index (χ1n) is 9.48. The van der Waals surface area contributed by atoms with Crippen molar-refractivity contribution in [3.63, 3.8) is 0 Å². The van der Waals surface area contributed by atoms with Crippen LogP contribution in [0.5, 0.6) is 0 Å². The Morgan fingerprint density at radius 3 is 2.55 bits per heavy atom. The summed E-state index contributed by atoms with van der Waals surface area (Å²) < 4.78 is 10.2. The molecule has 29 heavy (non-hydrogen) atoms. The average Bonchev–Trinajstić information content (AvgIpc) is 2.75. The van der Waals surface area contributed by atoms with Gasteiger partial charge in [-0.25, -0.2) is 4.79 Å². The van der Waals surface area contributed by atoms with Gasteiger partial charge in [0.1, 0.15) is 5.56 Å². The number of esters is 1. The molecule has 0 bridgehead atoms. The summed E-state index contributed by atoms with van der Waals surface area (Å²) in [6.45, 7) is 5.67. The summed E-state index contributed by atoms with van der Waals surface area (Å²) in [5.41, 5.74) is 2.66. The SMILES string of the molecule is COC(=O)c1cc(NCC(c2ccc(C)cc2)N2CCOCC2)ccc1[N+](=O)[O-]. The van der Waals surface area contributed by atoms with Gasteiger partial charge in [0.25, 0.3) is 5.69 Å². The largest absolute Gasteiger partial charge is 0.465 e. The van der Waals surface area contributed by atoms with Gasteiger partial charge in [-0.15, -0.1) is 0 Å². The van der Waals surface area contributed by atoms with Gasteiger partial charge in [-0.1, -0.05) is 29.8 Å². The van der Waals surface area contributed by atoms with Gasteiger partial charge in [-0.3, -0.25) is 15.0 Å². The summed E-state index contributed by atoms with van der Waals surface area (Å²) in [6, 6.07) is 12.9. The van der Waals surface area contributed by atoms with Gasteiger partial charge < -0.3 is 14.8 Å². The van der Waals surface area contributed by atoms with Gasteiger partial charge >= 0.3 is 5.97 Å². The molecule has 0 spiro atoms. The van der Waals surface area contributed by atoms with Gasteiger partial charge in [-0.2, -0.15) is 0 Å². The van der Waals surface area contributed by atoms with E-state index in [-0.39, 0.29) is 17.3 Å². The zero-order valence-corrected chi connectivity index (χ0v) is 16.6.